The van der Waals surface area contributed by atoms with E-state index in [-0.39, 0.29) is 22.5 Å². The Balaban J connectivity index is 1.12. The van der Waals surface area contributed by atoms with Crippen LogP contribution in [0.25, 0.3) is 11.0 Å². The van der Waals surface area contributed by atoms with Crippen LogP contribution in [0, 0.1) is 6.92 Å². The summed E-state index contributed by atoms with van der Waals surface area (Å²) in [4.78, 5) is 33.9. The molecule has 1 aromatic heterocycles. The Kier molecular flexibility index (Phi) is 7.91. The van der Waals surface area contributed by atoms with Crippen LogP contribution in [0.3, 0.4) is 0 Å². The van der Waals surface area contributed by atoms with Crippen LogP contribution in [0.1, 0.15) is 38.5 Å². The number of nitrogens with one attached hydrogen (secondary N) is 1. The number of anilines is 1. The first-order valence-corrected chi connectivity index (χ1v) is 15.7. The highest BCUT2D eigenvalue weighted by atomic mass is 32.2. The number of benzene rings is 3. The average molecular weight is 604 g/mol. The third-order valence-corrected chi connectivity index (χ3v) is 9.37. The van der Waals surface area contributed by atoms with Gasteiger partial charge in [0, 0.05) is 44.0 Å². The molecule has 12 heteroatoms. The lowest BCUT2D eigenvalue weighted by molar-refractivity contribution is -0.0592. The molecule has 3 aromatic carbocycles. The van der Waals surface area contributed by atoms with Crippen LogP contribution in [-0.4, -0.2) is 83.6 Å². The summed E-state index contributed by atoms with van der Waals surface area (Å²) in [6, 6.07) is 18.1. The number of ether oxygens (including phenoxy) is 1. The quantitative estimate of drug-likeness (QED) is 0.297. The van der Waals surface area contributed by atoms with Crippen LogP contribution in [0.2, 0.25) is 0 Å². The van der Waals surface area contributed by atoms with E-state index < -0.39 is 16.0 Å². The highest BCUT2D eigenvalue weighted by Crippen LogP contribution is 2.24. The standard InChI is InChI=1S/C31H33N5O6S/c1-21-5-8-26(9-6-21)43(40,41)33-24-4-2-3-22(17-24)30(37)35-14-12-34(13-15-35)20-29-32-27-10-7-23(31(38)39)18-28(27)36(29)19-25-11-16-42-25/h2-10,17-18,25,33H,11-16,19-20H2,1H3,(H,38,39)/t25-/m0/s1. The number of aromatic nitrogens is 2. The van der Waals surface area contributed by atoms with E-state index in [4.69, 9.17) is 9.72 Å². The normalized spacial score (nSPS) is 17.5. The zero-order valence-electron chi connectivity index (χ0n) is 23.8. The number of rotatable bonds is 9. The number of fused-ring (bicyclic) bond motifs is 1. The summed E-state index contributed by atoms with van der Waals surface area (Å²) in [6.45, 7) is 6.06. The molecule has 11 nitrogen and oxygen atoms in total. The number of piperazine rings is 1. The van der Waals surface area contributed by atoms with Crippen molar-refractivity contribution in [3.63, 3.8) is 0 Å². The molecule has 2 N–H and O–H groups in total. The molecule has 1 atom stereocenters. The number of carbonyl (C=O) groups excluding carboxylic acids is 1. The first kappa shape index (κ1) is 28.8. The lowest BCUT2D eigenvalue weighted by Crippen LogP contribution is -2.48. The van der Waals surface area contributed by atoms with Gasteiger partial charge in [-0.25, -0.2) is 18.2 Å². The van der Waals surface area contributed by atoms with Gasteiger partial charge in [-0.15, -0.1) is 0 Å². The van der Waals surface area contributed by atoms with Crippen molar-refractivity contribution in [2.45, 2.75) is 37.4 Å². The van der Waals surface area contributed by atoms with Gasteiger partial charge in [0.05, 0.1) is 40.7 Å². The lowest BCUT2D eigenvalue weighted by Gasteiger charge is -2.35. The molecule has 2 fully saturated rings. The summed E-state index contributed by atoms with van der Waals surface area (Å²) in [5.74, 6) is -0.306. The fraction of sp³-hybridized carbons (Fsp3) is 0.323. The zero-order chi connectivity index (χ0) is 30.1. The number of carboxylic acid groups (broad SMARTS) is 1. The third-order valence-electron chi connectivity index (χ3n) is 7.97. The maximum Gasteiger partial charge on any atom is 0.335 e. The molecule has 3 heterocycles. The second-order valence-electron chi connectivity index (χ2n) is 11.0. The molecule has 0 saturated carbocycles. The predicted octanol–water partition coefficient (Wildman–Crippen LogP) is 3.59. The van der Waals surface area contributed by atoms with Gasteiger partial charge in [-0.1, -0.05) is 23.8 Å². The van der Waals surface area contributed by atoms with Gasteiger partial charge >= 0.3 is 5.97 Å². The average Bonchev–Trinajstić information content (AvgIpc) is 3.30. The Morgan fingerprint density at radius 1 is 1.00 bits per heavy atom. The molecule has 0 bridgehead atoms. The number of nitrogens with zero attached hydrogens (tertiary/aromatic N) is 4. The highest BCUT2D eigenvalue weighted by Gasteiger charge is 2.26. The Morgan fingerprint density at radius 2 is 1.74 bits per heavy atom. The van der Waals surface area contributed by atoms with Gasteiger partial charge in [0.2, 0.25) is 0 Å². The van der Waals surface area contributed by atoms with E-state index in [2.05, 4.69) is 14.2 Å². The number of imidazole rings is 1. The molecule has 6 rings (SSSR count). The Hall–Kier alpha value is -4.26. The molecule has 2 aliphatic heterocycles. The molecule has 43 heavy (non-hydrogen) atoms. The van der Waals surface area contributed by atoms with Crippen LogP contribution in [0.4, 0.5) is 5.69 Å². The summed E-state index contributed by atoms with van der Waals surface area (Å²) in [5, 5.41) is 9.49. The molecule has 0 spiro atoms. The van der Waals surface area contributed by atoms with Crippen LogP contribution >= 0.6 is 0 Å². The second kappa shape index (κ2) is 11.8. The molecular formula is C31H33N5O6S. The zero-order valence-corrected chi connectivity index (χ0v) is 24.6. The van der Waals surface area contributed by atoms with E-state index in [1.165, 1.54) is 0 Å². The first-order valence-electron chi connectivity index (χ1n) is 14.2. The topological polar surface area (TPSA) is 134 Å². The maximum absolute atomic E-state index is 13.4. The van der Waals surface area contributed by atoms with Crippen molar-refractivity contribution in [1.82, 2.24) is 19.4 Å². The number of amides is 1. The molecule has 2 aliphatic rings. The van der Waals surface area contributed by atoms with E-state index in [0.717, 1.165) is 35.4 Å². The third kappa shape index (κ3) is 6.26. The molecule has 0 unspecified atom stereocenters. The minimum atomic E-state index is -3.79. The molecule has 1 amide bonds. The van der Waals surface area contributed by atoms with Gasteiger partial charge in [-0.05, 0) is 61.9 Å². The summed E-state index contributed by atoms with van der Waals surface area (Å²) in [5.41, 5.74) is 3.43. The van der Waals surface area contributed by atoms with Crippen molar-refractivity contribution in [3.05, 3.63) is 89.2 Å². The van der Waals surface area contributed by atoms with E-state index in [1.807, 2.05) is 6.92 Å². The molecule has 2 saturated heterocycles. The van der Waals surface area contributed by atoms with E-state index >= 15 is 0 Å². The van der Waals surface area contributed by atoms with E-state index in [1.54, 1.807) is 71.6 Å². The van der Waals surface area contributed by atoms with Crippen molar-refractivity contribution in [1.29, 1.82) is 0 Å². The molecule has 4 aromatic rings. The number of carbonyl (C=O) groups is 2. The van der Waals surface area contributed by atoms with Crippen molar-refractivity contribution in [3.8, 4) is 0 Å². The van der Waals surface area contributed by atoms with Gasteiger partial charge in [0.25, 0.3) is 15.9 Å². The van der Waals surface area contributed by atoms with E-state index in [0.29, 0.717) is 50.5 Å². The van der Waals surface area contributed by atoms with Crippen LogP contribution in [0.15, 0.2) is 71.6 Å². The number of hydrogen-bond donors (Lipinski definition) is 2. The van der Waals surface area contributed by atoms with Gasteiger partial charge < -0.3 is 19.3 Å². The van der Waals surface area contributed by atoms with Gasteiger partial charge in [0.15, 0.2) is 0 Å². The summed E-state index contributed by atoms with van der Waals surface area (Å²) < 4.78 is 36.0. The summed E-state index contributed by atoms with van der Waals surface area (Å²) >= 11 is 0. The van der Waals surface area contributed by atoms with Gasteiger partial charge in [0.1, 0.15) is 5.82 Å². The lowest BCUT2D eigenvalue weighted by atomic mass is 10.1. The smallest absolute Gasteiger partial charge is 0.335 e. The highest BCUT2D eigenvalue weighted by molar-refractivity contribution is 7.92. The first-order chi connectivity index (χ1) is 20.7. The second-order valence-corrected chi connectivity index (χ2v) is 12.7. The van der Waals surface area contributed by atoms with Crippen LogP contribution < -0.4 is 4.72 Å². The minimum Gasteiger partial charge on any atom is -0.478 e. The maximum atomic E-state index is 13.4. The van der Waals surface area contributed by atoms with Crippen LogP contribution in [-0.2, 0) is 27.8 Å². The Morgan fingerprint density at radius 3 is 2.42 bits per heavy atom. The molecular weight excluding hydrogens is 570 g/mol. The minimum absolute atomic E-state index is 0.0798. The van der Waals surface area contributed by atoms with Crippen molar-refractivity contribution < 1.29 is 27.9 Å². The monoisotopic (exact) mass is 603 g/mol. The van der Waals surface area contributed by atoms with Gasteiger partial charge in [-0.2, -0.15) is 0 Å². The number of hydrogen-bond acceptors (Lipinski definition) is 7. The van der Waals surface area contributed by atoms with Crippen molar-refractivity contribution in [2.75, 3.05) is 37.5 Å². The predicted molar refractivity (Wildman–Crippen MR) is 161 cm³/mol. The Labute approximate surface area is 249 Å². The van der Waals surface area contributed by atoms with Crippen molar-refractivity contribution in [2.24, 2.45) is 0 Å². The number of sulfonamides is 1. The largest absolute Gasteiger partial charge is 0.478 e. The van der Waals surface area contributed by atoms with Crippen molar-refractivity contribution >= 4 is 38.6 Å². The summed E-state index contributed by atoms with van der Waals surface area (Å²) in [6.07, 6.45) is 1.03. The van der Waals surface area contributed by atoms with Gasteiger partial charge in [-0.3, -0.25) is 14.4 Å². The molecule has 0 radical (unpaired) electrons. The Bertz CT molecular complexity index is 1770. The number of aromatic carboxylic acids is 1. The summed E-state index contributed by atoms with van der Waals surface area (Å²) in [7, 11) is -3.79. The molecule has 224 valence electrons. The fourth-order valence-electron chi connectivity index (χ4n) is 5.40. The SMILES string of the molecule is Cc1ccc(S(=O)(=O)Nc2cccc(C(=O)N3CCN(Cc4nc5ccc(C(=O)O)cc5n4C[C@@H]4CCO4)CC3)c2)cc1. The number of carboxylic acids is 1. The van der Waals surface area contributed by atoms with E-state index in [9.17, 15) is 23.1 Å². The van der Waals surface area contributed by atoms with Crippen LogP contribution in [0.5, 0.6) is 0 Å². The fourth-order valence-corrected chi connectivity index (χ4v) is 6.45. The number of aryl methyl sites for hydroxylation is 1. The molecule has 0 aliphatic carbocycles.